The van der Waals surface area contributed by atoms with Gasteiger partial charge in [0.1, 0.15) is 18.3 Å². The molecule has 0 unspecified atom stereocenters. The molecular formula is C31H38BrN3O5S. The third-order valence-electron chi connectivity index (χ3n) is 7.08. The molecule has 3 aromatic carbocycles. The van der Waals surface area contributed by atoms with Gasteiger partial charge in [-0.3, -0.25) is 13.9 Å². The summed E-state index contributed by atoms with van der Waals surface area (Å²) in [4.78, 5) is 28.7. The molecule has 0 saturated carbocycles. The van der Waals surface area contributed by atoms with Crippen LogP contribution in [0.25, 0.3) is 0 Å². The lowest BCUT2D eigenvalue weighted by atomic mass is 10.1. The van der Waals surface area contributed by atoms with E-state index < -0.39 is 28.5 Å². The summed E-state index contributed by atoms with van der Waals surface area (Å²) >= 11 is 3.37. The second kappa shape index (κ2) is 14.0. The molecule has 2 atom stereocenters. The van der Waals surface area contributed by atoms with E-state index >= 15 is 0 Å². The first-order chi connectivity index (χ1) is 19.4. The van der Waals surface area contributed by atoms with Gasteiger partial charge in [-0.2, -0.15) is 0 Å². The van der Waals surface area contributed by atoms with Gasteiger partial charge in [0.15, 0.2) is 0 Å². The Labute approximate surface area is 251 Å². The van der Waals surface area contributed by atoms with Crippen LogP contribution in [0.5, 0.6) is 5.75 Å². The number of hydrogen-bond acceptors (Lipinski definition) is 5. The number of halogens is 1. The molecule has 10 heteroatoms. The Morgan fingerprint density at radius 1 is 1.00 bits per heavy atom. The van der Waals surface area contributed by atoms with E-state index in [-0.39, 0.29) is 23.4 Å². The van der Waals surface area contributed by atoms with Crippen molar-refractivity contribution in [2.75, 3.05) is 18.0 Å². The third kappa shape index (κ3) is 7.89. The van der Waals surface area contributed by atoms with E-state index in [9.17, 15) is 18.0 Å². The quantitative estimate of drug-likeness (QED) is 0.277. The number of nitrogens with one attached hydrogen (secondary N) is 1. The third-order valence-corrected chi connectivity index (χ3v) is 9.47. The molecule has 2 amide bonds. The maximum absolute atomic E-state index is 14.1. The number of carbonyl (C=O) groups is 2. The SMILES string of the molecule is CC[C@@H](C)NC(=O)[C@H](C)N(Cc1ccccc1C)C(=O)CN(c1ccc(C)cc1)S(=O)(=O)c1ccc(OC)c(Br)c1. The summed E-state index contributed by atoms with van der Waals surface area (Å²) in [7, 11) is -2.70. The Morgan fingerprint density at radius 3 is 2.24 bits per heavy atom. The predicted octanol–water partition coefficient (Wildman–Crippen LogP) is 5.60. The van der Waals surface area contributed by atoms with Crippen molar-refractivity contribution in [1.29, 1.82) is 0 Å². The van der Waals surface area contributed by atoms with E-state index in [1.807, 2.05) is 52.0 Å². The average molecular weight is 645 g/mol. The van der Waals surface area contributed by atoms with Crippen LogP contribution in [0.15, 0.2) is 76.1 Å². The lowest BCUT2D eigenvalue weighted by Crippen LogP contribution is -2.52. The Hall–Kier alpha value is -3.37. The van der Waals surface area contributed by atoms with Crippen molar-refractivity contribution < 1.29 is 22.7 Å². The van der Waals surface area contributed by atoms with Gasteiger partial charge in [-0.05, 0) is 91.5 Å². The fourth-order valence-electron chi connectivity index (χ4n) is 4.19. The monoisotopic (exact) mass is 643 g/mol. The summed E-state index contributed by atoms with van der Waals surface area (Å²) in [6, 6.07) is 18.1. The van der Waals surface area contributed by atoms with Crippen molar-refractivity contribution in [3.05, 3.63) is 87.9 Å². The highest BCUT2D eigenvalue weighted by molar-refractivity contribution is 9.10. The first-order valence-corrected chi connectivity index (χ1v) is 15.7. The highest BCUT2D eigenvalue weighted by atomic mass is 79.9. The average Bonchev–Trinajstić information content (AvgIpc) is 2.95. The molecule has 0 aliphatic carbocycles. The van der Waals surface area contributed by atoms with Crippen LogP contribution in [-0.4, -0.2) is 50.9 Å². The molecule has 0 aromatic heterocycles. The van der Waals surface area contributed by atoms with Crippen molar-refractivity contribution in [1.82, 2.24) is 10.2 Å². The number of carbonyl (C=O) groups excluding carboxylic acids is 2. The Morgan fingerprint density at radius 2 is 1.66 bits per heavy atom. The molecule has 0 aliphatic heterocycles. The van der Waals surface area contributed by atoms with Crippen LogP contribution in [-0.2, 0) is 26.2 Å². The highest BCUT2D eigenvalue weighted by Crippen LogP contribution is 2.31. The fraction of sp³-hybridized carbons (Fsp3) is 0.355. The molecule has 3 aromatic rings. The van der Waals surface area contributed by atoms with Gasteiger partial charge in [0.2, 0.25) is 11.8 Å². The Balaban J connectivity index is 2.06. The zero-order valence-electron chi connectivity index (χ0n) is 24.3. The summed E-state index contributed by atoms with van der Waals surface area (Å²) in [5, 5.41) is 2.95. The maximum atomic E-state index is 14.1. The number of anilines is 1. The minimum Gasteiger partial charge on any atom is -0.496 e. The molecule has 0 aliphatic rings. The predicted molar refractivity (Wildman–Crippen MR) is 165 cm³/mol. The number of rotatable bonds is 12. The van der Waals surface area contributed by atoms with Crippen LogP contribution in [0.2, 0.25) is 0 Å². The molecule has 0 fully saturated rings. The number of ether oxygens (including phenoxy) is 1. The molecule has 41 heavy (non-hydrogen) atoms. The molecule has 0 heterocycles. The molecular weight excluding hydrogens is 606 g/mol. The van der Waals surface area contributed by atoms with Gasteiger partial charge in [-0.1, -0.05) is 48.9 Å². The molecule has 0 saturated heterocycles. The van der Waals surface area contributed by atoms with Crippen molar-refractivity contribution in [3.8, 4) is 5.75 Å². The number of amides is 2. The molecule has 1 N–H and O–H groups in total. The summed E-state index contributed by atoms with van der Waals surface area (Å²) in [5.41, 5.74) is 3.11. The number of sulfonamides is 1. The van der Waals surface area contributed by atoms with Crippen molar-refractivity contribution in [2.24, 2.45) is 0 Å². The summed E-state index contributed by atoms with van der Waals surface area (Å²) in [6.07, 6.45) is 0.737. The Kier molecular flexibility index (Phi) is 11.0. The first kappa shape index (κ1) is 32.1. The van der Waals surface area contributed by atoms with Gasteiger partial charge in [-0.25, -0.2) is 8.42 Å². The van der Waals surface area contributed by atoms with Gasteiger partial charge >= 0.3 is 0 Å². The number of benzene rings is 3. The van der Waals surface area contributed by atoms with E-state index in [1.165, 1.54) is 24.1 Å². The second-order valence-electron chi connectivity index (χ2n) is 10.1. The summed E-state index contributed by atoms with van der Waals surface area (Å²) < 4.78 is 34.9. The first-order valence-electron chi connectivity index (χ1n) is 13.5. The van der Waals surface area contributed by atoms with Crippen LogP contribution in [0, 0.1) is 13.8 Å². The summed E-state index contributed by atoms with van der Waals surface area (Å²) in [6.45, 7) is 9.02. The number of methoxy groups -OCH3 is 1. The maximum Gasteiger partial charge on any atom is 0.264 e. The van der Waals surface area contributed by atoms with E-state index in [0.717, 1.165) is 27.4 Å². The zero-order chi connectivity index (χ0) is 30.3. The fourth-order valence-corrected chi connectivity index (χ4v) is 6.33. The lowest BCUT2D eigenvalue weighted by molar-refractivity contribution is -0.139. The van der Waals surface area contributed by atoms with Crippen LogP contribution in [0.1, 0.15) is 43.9 Å². The van der Waals surface area contributed by atoms with Gasteiger partial charge in [0.25, 0.3) is 10.0 Å². The highest BCUT2D eigenvalue weighted by Gasteiger charge is 2.33. The number of nitrogens with zero attached hydrogens (tertiary/aromatic N) is 2. The standard InChI is InChI=1S/C31H38BrN3O5S/c1-7-23(4)33-31(37)24(5)34(19-25-11-9-8-10-22(25)3)30(36)20-35(26-14-12-21(2)13-15-26)41(38,39)27-16-17-29(40-6)28(32)18-27/h8-18,23-24H,7,19-20H2,1-6H3,(H,33,37)/t23-,24+/m1/s1. The minimum absolute atomic E-state index is 0.00781. The zero-order valence-corrected chi connectivity index (χ0v) is 26.8. The van der Waals surface area contributed by atoms with Crippen LogP contribution in [0.4, 0.5) is 5.69 Å². The van der Waals surface area contributed by atoms with E-state index in [2.05, 4.69) is 21.2 Å². The van der Waals surface area contributed by atoms with Crippen molar-refractivity contribution >= 4 is 43.5 Å². The number of aryl methyl sites for hydroxylation is 2. The van der Waals surface area contributed by atoms with Gasteiger partial charge in [0, 0.05) is 12.6 Å². The van der Waals surface area contributed by atoms with Crippen LogP contribution >= 0.6 is 15.9 Å². The van der Waals surface area contributed by atoms with E-state index in [1.54, 1.807) is 37.3 Å². The molecule has 220 valence electrons. The van der Waals surface area contributed by atoms with E-state index in [0.29, 0.717) is 15.9 Å². The largest absolute Gasteiger partial charge is 0.496 e. The topological polar surface area (TPSA) is 96.0 Å². The molecule has 0 bridgehead atoms. The van der Waals surface area contributed by atoms with Gasteiger partial charge in [0.05, 0.1) is 22.2 Å². The second-order valence-corrected chi connectivity index (χ2v) is 12.8. The normalized spacial score (nSPS) is 12.8. The van der Waals surface area contributed by atoms with Gasteiger partial charge < -0.3 is 15.0 Å². The lowest BCUT2D eigenvalue weighted by Gasteiger charge is -2.33. The molecule has 3 rings (SSSR count). The van der Waals surface area contributed by atoms with Gasteiger partial charge in [-0.15, -0.1) is 0 Å². The number of hydrogen-bond donors (Lipinski definition) is 1. The summed E-state index contributed by atoms with van der Waals surface area (Å²) in [5.74, 6) is -0.325. The molecule has 0 radical (unpaired) electrons. The van der Waals surface area contributed by atoms with Crippen LogP contribution in [0.3, 0.4) is 0 Å². The van der Waals surface area contributed by atoms with Crippen molar-refractivity contribution in [3.63, 3.8) is 0 Å². The minimum atomic E-state index is -4.19. The van der Waals surface area contributed by atoms with Crippen LogP contribution < -0.4 is 14.4 Å². The Bertz CT molecular complexity index is 1480. The molecule has 8 nitrogen and oxygen atoms in total. The van der Waals surface area contributed by atoms with Crippen molar-refractivity contribution in [2.45, 2.75) is 64.6 Å². The smallest absolute Gasteiger partial charge is 0.264 e. The van der Waals surface area contributed by atoms with E-state index in [4.69, 9.17) is 4.74 Å². The molecule has 0 spiro atoms.